The number of carbonyl (C=O) groups is 1. The molecule has 1 aromatic rings. The van der Waals surface area contributed by atoms with E-state index in [0.29, 0.717) is 6.61 Å². The normalized spacial score (nSPS) is 15.3. The molecule has 1 aliphatic heterocycles. The monoisotopic (exact) mass is 277 g/mol. The number of hydrogen-bond donors (Lipinski definition) is 1. The van der Waals surface area contributed by atoms with Gasteiger partial charge in [-0.25, -0.2) is 10.2 Å². The molecule has 0 unspecified atom stereocenters. The Morgan fingerprint density at radius 3 is 2.75 bits per heavy atom. The van der Waals surface area contributed by atoms with Gasteiger partial charge in [0, 0.05) is 18.8 Å². The van der Waals surface area contributed by atoms with Gasteiger partial charge in [-0.2, -0.15) is 5.10 Å². The third-order valence-corrected chi connectivity index (χ3v) is 2.91. The fourth-order valence-electron chi connectivity index (χ4n) is 1.92. The average Bonchev–Trinajstić information content (AvgIpc) is 2.49. The molecule has 1 aromatic carbocycles. The van der Waals surface area contributed by atoms with E-state index in [9.17, 15) is 4.79 Å². The molecular weight excluding hydrogens is 258 g/mol. The Hall–Kier alpha value is -2.08. The van der Waals surface area contributed by atoms with Crippen LogP contribution in [0.3, 0.4) is 0 Å². The topological polar surface area (TPSA) is 63.2 Å². The molecule has 1 amide bonds. The molecule has 0 aliphatic carbocycles. The van der Waals surface area contributed by atoms with Crippen LogP contribution < -0.4 is 10.3 Å². The van der Waals surface area contributed by atoms with E-state index in [-0.39, 0.29) is 0 Å². The largest absolute Gasteiger partial charge is 0.449 e. The number of nitrogens with zero attached hydrogens (tertiary/aromatic N) is 2. The Morgan fingerprint density at radius 1 is 1.40 bits per heavy atom. The lowest BCUT2D eigenvalue weighted by Gasteiger charge is -2.28. The van der Waals surface area contributed by atoms with Gasteiger partial charge in [0.1, 0.15) is 0 Å². The van der Waals surface area contributed by atoms with Crippen LogP contribution in [0.4, 0.5) is 10.5 Å². The molecule has 0 saturated carbocycles. The number of amides is 1. The van der Waals surface area contributed by atoms with Crippen LogP contribution in [0.2, 0.25) is 0 Å². The highest BCUT2D eigenvalue weighted by Gasteiger charge is 2.10. The van der Waals surface area contributed by atoms with Crippen LogP contribution in [0.25, 0.3) is 0 Å². The Labute approximate surface area is 118 Å². The van der Waals surface area contributed by atoms with E-state index in [1.807, 2.05) is 24.3 Å². The first-order valence-corrected chi connectivity index (χ1v) is 6.68. The maximum Gasteiger partial charge on any atom is 0.427 e. The van der Waals surface area contributed by atoms with Crippen LogP contribution in [0, 0.1) is 0 Å². The second-order valence-electron chi connectivity index (χ2n) is 4.28. The number of nitrogens with one attached hydrogen (secondary N) is 1. The number of anilines is 1. The summed E-state index contributed by atoms with van der Waals surface area (Å²) in [4.78, 5) is 13.3. The smallest absolute Gasteiger partial charge is 0.427 e. The van der Waals surface area contributed by atoms with Gasteiger partial charge in [0.05, 0.1) is 26.0 Å². The van der Waals surface area contributed by atoms with Crippen LogP contribution in [-0.2, 0) is 9.47 Å². The van der Waals surface area contributed by atoms with Crippen molar-refractivity contribution in [3.05, 3.63) is 29.8 Å². The fraction of sp³-hybridized carbons (Fsp3) is 0.429. The predicted molar refractivity (Wildman–Crippen MR) is 77.2 cm³/mol. The number of hydrazone groups is 1. The number of carbonyl (C=O) groups excluding carboxylic acids is 1. The van der Waals surface area contributed by atoms with Crippen molar-refractivity contribution < 1.29 is 14.3 Å². The molecule has 0 aromatic heterocycles. The standard InChI is InChI=1S/C14H19N3O3/c1-2-20-14(18)16-15-11-12-3-5-13(6-4-12)17-7-9-19-10-8-17/h3-6,11H,2,7-10H2,1H3,(H,16,18)/b15-11-. The summed E-state index contributed by atoms with van der Waals surface area (Å²) in [6.07, 6.45) is 1.04. The lowest BCUT2D eigenvalue weighted by atomic mass is 10.2. The lowest BCUT2D eigenvalue weighted by molar-refractivity contribution is 0.122. The molecule has 0 bridgehead atoms. The van der Waals surface area contributed by atoms with Crippen LogP contribution >= 0.6 is 0 Å². The lowest BCUT2D eigenvalue weighted by Crippen LogP contribution is -2.36. The summed E-state index contributed by atoms with van der Waals surface area (Å²) >= 11 is 0. The quantitative estimate of drug-likeness (QED) is 0.671. The zero-order valence-corrected chi connectivity index (χ0v) is 11.5. The van der Waals surface area contributed by atoms with Crippen LogP contribution in [-0.4, -0.2) is 45.2 Å². The van der Waals surface area contributed by atoms with Crippen molar-refractivity contribution in [3.8, 4) is 0 Å². The Morgan fingerprint density at radius 2 is 2.10 bits per heavy atom. The maximum absolute atomic E-state index is 11.0. The summed E-state index contributed by atoms with van der Waals surface area (Å²) in [5, 5.41) is 3.82. The first-order chi connectivity index (χ1) is 9.79. The molecule has 1 saturated heterocycles. The van der Waals surface area contributed by atoms with E-state index >= 15 is 0 Å². The molecule has 1 aliphatic rings. The highest BCUT2D eigenvalue weighted by molar-refractivity contribution is 5.81. The first-order valence-electron chi connectivity index (χ1n) is 6.68. The van der Waals surface area contributed by atoms with Crippen molar-refractivity contribution in [2.75, 3.05) is 37.8 Å². The second kappa shape index (κ2) is 7.49. The first kappa shape index (κ1) is 14.3. The van der Waals surface area contributed by atoms with Crippen molar-refractivity contribution in [2.24, 2.45) is 5.10 Å². The summed E-state index contributed by atoms with van der Waals surface area (Å²) < 4.78 is 10.0. The van der Waals surface area contributed by atoms with Crippen LogP contribution in [0.1, 0.15) is 12.5 Å². The van der Waals surface area contributed by atoms with E-state index in [1.54, 1.807) is 13.1 Å². The Balaban J connectivity index is 1.87. The number of hydrogen-bond acceptors (Lipinski definition) is 5. The molecule has 0 atom stereocenters. The SMILES string of the molecule is CCOC(=O)N/N=C\c1ccc(N2CCOCC2)cc1. The van der Waals surface area contributed by atoms with Gasteiger partial charge in [-0.05, 0) is 24.6 Å². The summed E-state index contributed by atoms with van der Waals surface area (Å²) in [7, 11) is 0. The van der Waals surface area contributed by atoms with Gasteiger partial charge in [0.25, 0.3) is 0 Å². The van der Waals surface area contributed by atoms with Crippen LogP contribution in [0.5, 0.6) is 0 Å². The highest BCUT2D eigenvalue weighted by atomic mass is 16.5. The maximum atomic E-state index is 11.0. The van der Waals surface area contributed by atoms with Crippen LogP contribution in [0.15, 0.2) is 29.4 Å². The van der Waals surface area contributed by atoms with Gasteiger partial charge in [-0.3, -0.25) is 0 Å². The zero-order chi connectivity index (χ0) is 14.2. The molecule has 108 valence electrons. The van der Waals surface area contributed by atoms with Gasteiger partial charge in [-0.15, -0.1) is 0 Å². The van der Waals surface area contributed by atoms with E-state index in [2.05, 4.69) is 15.4 Å². The Kier molecular flexibility index (Phi) is 5.37. The minimum absolute atomic E-state index is 0.329. The number of benzene rings is 1. The minimum Gasteiger partial charge on any atom is -0.449 e. The van der Waals surface area contributed by atoms with E-state index < -0.39 is 6.09 Å². The molecule has 0 radical (unpaired) electrons. The van der Waals surface area contributed by atoms with Crippen molar-refractivity contribution in [1.82, 2.24) is 5.43 Å². The van der Waals surface area contributed by atoms with Gasteiger partial charge in [0.2, 0.25) is 0 Å². The van der Waals surface area contributed by atoms with Gasteiger partial charge in [0.15, 0.2) is 0 Å². The fourth-order valence-corrected chi connectivity index (χ4v) is 1.92. The summed E-state index contributed by atoms with van der Waals surface area (Å²) in [6, 6.07) is 8.00. The summed E-state index contributed by atoms with van der Waals surface area (Å²) in [6.45, 7) is 5.44. The van der Waals surface area contributed by atoms with Crippen molar-refractivity contribution >= 4 is 18.0 Å². The molecule has 2 rings (SSSR count). The Bertz CT molecular complexity index is 453. The molecular formula is C14H19N3O3. The number of ether oxygens (including phenoxy) is 2. The molecule has 6 nitrogen and oxygen atoms in total. The third kappa shape index (κ3) is 4.24. The molecule has 1 N–H and O–H groups in total. The van der Waals surface area contributed by atoms with E-state index in [4.69, 9.17) is 9.47 Å². The van der Waals surface area contributed by atoms with Crippen molar-refractivity contribution in [2.45, 2.75) is 6.92 Å². The highest BCUT2D eigenvalue weighted by Crippen LogP contribution is 2.15. The molecule has 1 heterocycles. The molecule has 1 fully saturated rings. The van der Waals surface area contributed by atoms with E-state index in [0.717, 1.165) is 31.9 Å². The van der Waals surface area contributed by atoms with E-state index in [1.165, 1.54) is 5.69 Å². The molecule has 20 heavy (non-hydrogen) atoms. The predicted octanol–water partition coefficient (Wildman–Crippen LogP) is 1.60. The third-order valence-electron chi connectivity index (χ3n) is 2.91. The van der Waals surface area contributed by atoms with Crippen molar-refractivity contribution in [1.29, 1.82) is 0 Å². The summed E-state index contributed by atoms with van der Waals surface area (Å²) in [5.74, 6) is 0. The minimum atomic E-state index is -0.548. The number of rotatable bonds is 4. The average molecular weight is 277 g/mol. The van der Waals surface area contributed by atoms with Gasteiger partial charge < -0.3 is 14.4 Å². The summed E-state index contributed by atoms with van der Waals surface area (Å²) in [5.41, 5.74) is 4.38. The van der Waals surface area contributed by atoms with Crippen molar-refractivity contribution in [3.63, 3.8) is 0 Å². The molecule has 0 spiro atoms. The van der Waals surface area contributed by atoms with Gasteiger partial charge >= 0.3 is 6.09 Å². The zero-order valence-electron chi connectivity index (χ0n) is 11.5. The molecule has 6 heteroatoms. The van der Waals surface area contributed by atoms with Gasteiger partial charge in [-0.1, -0.05) is 12.1 Å². The second-order valence-corrected chi connectivity index (χ2v) is 4.28. The number of morpholine rings is 1.